The van der Waals surface area contributed by atoms with Crippen molar-refractivity contribution in [1.29, 1.82) is 0 Å². The summed E-state index contributed by atoms with van der Waals surface area (Å²) in [5.41, 5.74) is 2.62. The summed E-state index contributed by atoms with van der Waals surface area (Å²) in [6.45, 7) is 3.97. The fourth-order valence-electron chi connectivity index (χ4n) is 4.61. The number of ketones is 1. The molecule has 3 aromatic carbocycles. The van der Waals surface area contributed by atoms with Crippen LogP contribution in [0, 0.1) is 0 Å². The van der Waals surface area contributed by atoms with Gasteiger partial charge in [-0.15, -0.1) is 0 Å². The Morgan fingerprint density at radius 1 is 1.00 bits per heavy atom. The maximum Gasteiger partial charge on any atom is 0.309 e. The Bertz CT molecular complexity index is 1420. The first-order valence-corrected chi connectivity index (χ1v) is 12.1. The lowest BCUT2D eigenvalue weighted by Gasteiger charge is -2.26. The number of aromatic hydroxyl groups is 1. The summed E-state index contributed by atoms with van der Waals surface area (Å²) < 4.78 is 10.1. The van der Waals surface area contributed by atoms with Crippen molar-refractivity contribution in [3.63, 3.8) is 0 Å². The van der Waals surface area contributed by atoms with Crippen molar-refractivity contribution in [1.82, 2.24) is 0 Å². The number of nitrogens with zero attached hydrogens (tertiary/aromatic N) is 1. The van der Waals surface area contributed by atoms with Gasteiger partial charge in [0, 0.05) is 11.3 Å². The van der Waals surface area contributed by atoms with Gasteiger partial charge in [-0.1, -0.05) is 38.1 Å². The van der Waals surface area contributed by atoms with Gasteiger partial charge < -0.3 is 19.7 Å². The molecule has 0 bridgehead atoms. The minimum Gasteiger partial charge on any atom is -0.508 e. The maximum absolute atomic E-state index is 13.4. The van der Waals surface area contributed by atoms with Crippen LogP contribution in [0.5, 0.6) is 11.5 Å². The van der Waals surface area contributed by atoms with Crippen molar-refractivity contribution in [3.8, 4) is 11.5 Å². The molecule has 38 heavy (non-hydrogen) atoms. The van der Waals surface area contributed by atoms with Crippen molar-refractivity contribution in [2.75, 3.05) is 19.1 Å². The highest BCUT2D eigenvalue weighted by molar-refractivity contribution is 6.51. The number of carbonyl (C=O) groups excluding carboxylic acids is 3. The van der Waals surface area contributed by atoms with E-state index in [-0.39, 0.29) is 29.4 Å². The number of amides is 1. The number of hydrogen-bond acceptors (Lipinski definition) is 7. The summed E-state index contributed by atoms with van der Waals surface area (Å²) in [6, 6.07) is 16.9. The molecule has 1 amide bonds. The summed E-state index contributed by atoms with van der Waals surface area (Å²) in [5, 5.41) is 21.6. The van der Waals surface area contributed by atoms with Gasteiger partial charge in [-0.2, -0.15) is 0 Å². The summed E-state index contributed by atoms with van der Waals surface area (Å²) in [6.07, 6.45) is 0.0568. The first kappa shape index (κ1) is 26.5. The largest absolute Gasteiger partial charge is 0.508 e. The third-order valence-electron chi connectivity index (χ3n) is 6.55. The highest BCUT2D eigenvalue weighted by Crippen LogP contribution is 2.43. The van der Waals surface area contributed by atoms with E-state index in [1.165, 1.54) is 24.1 Å². The Labute approximate surface area is 220 Å². The Kier molecular flexibility index (Phi) is 7.52. The molecular formula is C30H29NO7. The molecular weight excluding hydrogens is 486 g/mol. The predicted molar refractivity (Wildman–Crippen MR) is 142 cm³/mol. The monoisotopic (exact) mass is 515 g/mol. The van der Waals surface area contributed by atoms with Gasteiger partial charge in [0.15, 0.2) is 0 Å². The quantitative estimate of drug-likeness (QED) is 0.200. The molecule has 2 N–H and O–H groups in total. The van der Waals surface area contributed by atoms with E-state index in [1.54, 1.807) is 61.7 Å². The zero-order chi connectivity index (χ0) is 27.6. The molecule has 1 fully saturated rings. The average Bonchev–Trinajstić information content (AvgIpc) is 3.18. The standard InChI is InChI=1S/C30H29NO7/c1-17(2)23-16-20(10-13-24(23)37-3)28(34)26-27(19-6-5-7-22(32)15-19)31(30(36)29(26)35)21-11-8-18(9-12-21)14-25(33)38-4/h5-13,15-17,27,32,34H,14H2,1-4H3/b28-26-. The van der Waals surface area contributed by atoms with E-state index in [1.807, 2.05) is 13.8 Å². The van der Waals surface area contributed by atoms with Gasteiger partial charge in [-0.3, -0.25) is 19.3 Å². The minimum atomic E-state index is -1.00. The van der Waals surface area contributed by atoms with Crippen LogP contribution in [0.25, 0.3) is 5.76 Å². The minimum absolute atomic E-state index is 0.0481. The fourth-order valence-corrected chi connectivity index (χ4v) is 4.61. The summed E-state index contributed by atoms with van der Waals surface area (Å²) in [4.78, 5) is 39.7. The van der Waals surface area contributed by atoms with Crippen LogP contribution in [0.3, 0.4) is 0 Å². The van der Waals surface area contributed by atoms with Gasteiger partial charge in [0.2, 0.25) is 0 Å². The molecule has 196 valence electrons. The van der Waals surface area contributed by atoms with Crippen molar-refractivity contribution in [3.05, 3.63) is 94.6 Å². The van der Waals surface area contributed by atoms with Gasteiger partial charge in [-0.05, 0) is 65.1 Å². The van der Waals surface area contributed by atoms with Crippen LogP contribution in [0.2, 0.25) is 0 Å². The number of phenols is 1. The number of carbonyl (C=O) groups is 3. The van der Waals surface area contributed by atoms with E-state index >= 15 is 0 Å². The zero-order valence-electron chi connectivity index (χ0n) is 21.6. The fraction of sp³-hybridized carbons (Fsp3) is 0.233. The van der Waals surface area contributed by atoms with Crippen LogP contribution in [-0.2, 0) is 25.5 Å². The molecule has 0 radical (unpaired) electrons. The molecule has 1 unspecified atom stereocenters. The number of aliphatic hydroxyl groups is 1. The van der Waals surface area contributed by atoms with Gasteiger partial charge in [0.05, 0.1) is 32.3 Å². The molecule has 0 saturated carbocycles. The summed E-state index contributed by atoms with van der Waals surface area (Å²) in [7, 11) is 2.86. The number of aliphatic hydroxyl groups excluding tert-OH is 1. The lowest BCUT2D eigenvalue weighted by Crippen LogP contribution is -2.29. The lowest BCUT2D eigenvalue weighted by molar-refractivity contribution is -0.139. The molecule has 4 rings (SSSR count). The SMILES string of the molecule is COC(=O)Cc1ccc(N2C(=O)C(=O)/C(=C(\O)c3ccc(OC)c(C(C)C)c3)C2c2cccc(O)c2)cc1. The van der Waals surface area contributed by atoms with E-state index in [9.17, 15) is 24.6 Å². The third-order valence-corrected chi connectivity index (χ3v) is 6.55. The molecule has 0 aromatic heterocycles. The van der Waals surface area contributed by atoms with E-state index in [0.717, 1.165) is 5.56 Å². The van der Waals surface area contributed by atoms with E-state index < -0.39 is 23.7 Å². The second-order valence-corrected chi connectivity index (χ2v) is 9.29. The second kappa shape index (κ2) is 10.8. The molecule has 0 spiro atoms. The first-order chi connectivity index (χ1) is 18.2. The number of benzene rings is 3. The number of hydrogen-bond donors (Lipinski definition) is 2. The number of ether oxygens (including phenoxy) is 2. The highest BCUT2D eigenvalue weighted by Gasteiger charge is 2.47. The van der Waals surface area contributed by atoms with Gasteiger partial charge in [-0.25, -0.2) is 0 Å². The van der Waals surface area contributed by atoms with Crippen LogP contribution in [-0.4, -0.2) is 42.1 Å². The molecule has 1 aliphatic rings. The normalized spacial score (nSPS) is 16.7. The average molecular weight is 516 g/mol. The molecule has 1 atom stereocenters. The number of esters is 1. The number of anilines is 1. The van der Waals surface area contributed by atoms with Gasteiger partial charge in [0.25, 0.3) is 11.7 Å². The Morgan fingerprint density at radius 2 is 1.71 bits per heavy atom. The molecule has 1 heterocycles. The number of Topliss-reactive ketones (excluding diaryl/α,β-unsaturated/α-hetero) is 1. The Hall–Kier alpha value is -4.59. The Balaban J connectivity index is 1.87. The van der Waals surface area contributed by atoms with Crippen molar-refractivity contribution in [2.45, 2.75) is 32.2 Å². The van der Waals surface area contributed by atoms with Crippen LogP contribution in [0.1, 0.15) is 48.1 Å². The summed E-state index contributed by atoms with van der Waals surface area (Å²) in [5.74, 6) is -1.73. The van der Waals surface area contributed by atoms with E-state index in [2.05, 4.69) is 0 Å². The molecule has 8 heteroatoms. The Morgan fingerprint density at radius 3 is 2.32 bits per heavy atom. The zero-order valence-corrected chi connectivity index (χ0v) is 21.6. The van der Waals surface area contributed by atoms with E-state index in [4.69, 9.17) is 9.47 Å². The van der Waals surface area contributed by atoms with E-state index in [0.29, 0.717) is 28.1 Å². The third kappa shape index (κ3) is 4.98. The molecule has 1 saturated heterocycles. The molecule has 8 nitrogen and oxygen atoms in total. The maximum atomic E-state index is 13.4. The molecule has 3 aromatic rings. The van der Waals surface area contributed by atoms with Gasteiger partial charge in [0.1, 0.15) is 17.3 Å². The smallest absolute Gasteiger partial charge is 0.309 e. The predicted octanol–water partition coefficient (Wildman–Crippen LogP) is 4.87. The number of phenolic OH excluding ortho intramolecular Hbond substituents is 1. The van der Waals surface area contributed by atoms with Crippen LogP contribution < -0.4 is 9.64 Å². The van der Waals surface area contributed by atoms with Crippen molar-refractivity contribution in [2.24, 2.45) is 0 Å². The first-order valence-electron chi connectivity index (χ1n) is 12.1. The topological polar surface area (TPSA) is 113 Å². The second-order valence-electron chi connectivity index (χ2n) is 9.29. The number of methoxy groups -OCH3 is 2. The van der Waals surface area contributed by atoms with Crippen molar-refractivity contribution >= 4 is 29.1 Å². The highest BCUT2D eigenvalue weighted by atomic mass is 16.5. The van der Waals surface area contributed by atoms with Crippen molar-refractivity contribution < 1.29 is 34.1 Å². The van der Waals surface area contributed by atoms with Crippen LogP contribution in [0.4, 0.5) is 5.69 Å². The lowest BCUT2D eigenvalue weighted by atomic mass is 9.93. The van der Waals surface area contributed by atoms with Crippen LogP contribution >= 0.6 is 0 Å². The van der Waals surface area contributed by atoms with Crippen LogP contribution in [0.15, 0.2) is 72.3 Å². The number of rotatable bonds is 7. The molecule has 1 aliphatic heterocycles. The summed E-state index contributed by atoms with van der Waals surface area (Å²) >= 11 is 0. The molecule has 0 aliphatic carbocycles. The van der Waals surface area contributed by atoms with Gasteiger partial charge >= 0.3 is 5.97 Å².